The van der Waals surface area contributed by atoms with Crippen LogP contribution in [-0.4, -0.2) is 36.6 Å². The van der Waals surface area contributed by atoms with Gasteiger partial charge in [-0.1, -0.05) is 25.5 Å². The molecule has 0 spiro atoms. The van der Waals surface area contributed by atoms with Crippen LogP contribution in [-0.2, 0) is 0 Å². The molecule has 0 aromatic rings. The monoisotopic (exact) mass is 411 g/mol. The van der Waals surface area contributed by atoms with Crippen molar-refractivity contribution < 1.29 is 0 Å². The minimum absolute atomic E-state index is 0. The number of allylic oxidation sites excluding steroid dienone is 1. The van der Waals surface area contributed by atoms with Crippen LogP contribution in [0.2, 0.25) is 0 Å². The molecule has 0 aromatic heterocycles. The summed E-state index contributed by atoms with van der Waals surface area (Å²) in [6.07, 6.45) is 10.6. The van der Waals surface area contributed by atoms with Gasteiger partial charge in [0.15, 0.2) is 5.96 Å². The first kappa shape index (κ1) is 20.1. The summed E-state index contributed by atoms with van der Waals surface area (Å²) in [7, 11) is 1.85. The van der Waals surface area contributed by atoms with Crippen LogP contribution in [0.3, 0.4) is 0 Å². The molecule has 0 bridgehead atoms. The van der Waals surface area contributed by atoms with Gasteiger partial charge >= 0.3 is 0 Å². The average molecular weight is 411 g/mol. The minimum Gasteiger partial charge on any atom is -0.356 e. The summed E-state index contributed by atoms with van der Waals surface area (Å²) in [5.41, 5.74) is 0. The Balaban J connectivity index is 0.00000361. The molecule has 1 aliphatic carbocycles. The van der Waals surface area contributed by atoms with Crippen LogP contribution >= 0.6 is 35.7 Å². The third kappa shape index (κ3) is 8.39. The van der Waals surface area contributed by atoms with Crippen LogP contribution in [0.15, 0.2) is 17.1 Å². The van der Waals surface area contributed by atoms with Crippen LogP contribution in [0.1, 0.15) is 46.0 Å². The molecule has 0 saturated heterocycles. The highest BCUT2D eigenvalue weighted by Crippen LogP contribution is 2.28. The van der Waals surface area contributed by atoms with E-state index in [1.54, 1.807) is 0 Å². The molecule has 0 radical (unpaired) electrons. The molecule has 2 unspecified atom stereocenters. The van der Waals surface area contributed by atoms with E-state index >= 15 is 0 Å². The molecule has 3 nitrogen and oxygen atoms in total. The van der Waals surface area contributed by atoms with Gasteiger partial charge in [0.1, 0.15) is 0 Å². The maximum Gasteiger partial charge on any atom is 0.191 e. The molecule has 2 N–H and O–H groups in total. The Kier molecular flexibility index (Phi) is 12.9. The van der Waals surface area contributed by atoms with Crippen LogP contribution in [0.4, 0.5) is 0 Å². The van der Waals surface area contributed by atoms with Crippen molar-refractivity contribution in [3.8, 4) is 0 Å². The van der Waals surface area contributed by atoms with E-state index in [2.05, 4.69) is 53.4 Å². The lowest BCUT2D eigenvalue weighted by Gasteiger charge is -2.30. The SMILES string of the molecule is C/C=C/CCNC(=NC)NC1CCCC(SCC)C1.I. The summed E-state index contributed by atoms with van der Waals surface area (Å²) in [5, 5.41) is 7.78. The van der Waals surface area contributed by atoms with E-state index < -0.39 is 0 Å². The summed E-state index contributed by atoms with van der Waals surface area (Å²) in [6.45, 7) is 5.26. The fourth-order valence-corrected chi connectivity index (χ4v) is 3.66. The molecule has 20 heavy (non-hydrogen) atoms. The topological polar surface area (TPSA) is 36.4 Å². The largest absolute Gasteiger partial charge is 0.356 e. The summed E-state index contributed by atoms with van der Waals surface area (Å²) >= 11 is 2.11. The Morgan fingerprint density at radius 3 is 2.85 bits per heavy atom. The lowest BCUT2D eigenvalue weighted by Crippen LogP contribution is -2.45. The smallest absolute Gasteiger partial charge is 0.191 e. The van der Waals surface area contributed by atoms with Gasteiger partial charge in [0.25, 0.3) is 0 Å². The van der Waals surface area contributed by atoms with Crippen molar-refractivity contribution in [3.63, 3.8) is 0 Å². The van der Waals surface area contributed by atoms with Crippen molar-refractivity contribution in [2.75, 3.05) is 19.3 Å². The van der Waals surface area contributed by atoms with Gasteiger partial charge in [-0.05, 0) is 38.4 Å². The van der Waals surface area contributed by atoms with Crippen molar-refractivity contribution in [2.45, 2.75) is 57.2 Å². The number of hydrogen-bond donors (Lipinski definition) is 2. The number of halogens is 1. The maximum atomic E-state index is 4.31. The Labute approximate surface area is 145 Å². The number of aliphatic imine (C=N–C) groups is 1. The predicted molar refractivity (Wildman–Crippen MR) is 104 cm³/mol. The molecule has 118 valence electrons. The number of rotatable bonds is 6. The fourth-order valence-electron chi connectivity index (χ4n) is 2.49. The molecular weight excluding hydrogens is 381 g/mol. The first-order valence-corrected chi connectivity index (χ1v) is 8.55. The third-order valence-corrected chi connectivity index (χ3v) is 4.66. The average Bonchev–Trinajstić information content (AvgIpc) is 2.43. The maximum absolute atomic E-state index is 4.31. The molecule has 0 heterocycles. The minimum atomic E-state index is 0. The Hall–Kier alpha value is 0.0900. The van der Waals surface area contributed by atoms with Gasteiger partial charge in [0.2, 0.25) is 0 Å². The second kappa shape index (κ2) is 12.8. The molecule has 1 rings (SSSR count). The van der Waals surface area contributed by atoms with Crippen LogP contribution in [0.5, 0.6) is 0 Å². The van der Waals surface area contributed by atoms with Gasteiger partial charge in [-0.25, -0.2) is 0 Å². The lowest BCUT2D eigenvalue weighted by atomic mass is 9.95. The number of nitrogens with zero attached hydrogens (tertiary/aromatic N) is 1. The lowest BCUT2D eigenvalue weighted by molar-refractivity contribution is 0.419. The van der Waals surface area contributed by atoms with Gasteiger partial charge in [-0.3, -0.25) is 4.99 Å². The highest BCUT2D eigenvalue weighted by atomic mass is 127. The zero-order valence-corrected chi connectivity index (χ0v) is 16.2. The van der Waals surface area contributed by atoms with Gasteiger partial charge < -0.3 is 10.6 Å². The summed E-state index contributed by atoms with van der Waals surface area (Å²) in [5.74, 6) is 2.19. The third-order valence-electron chi connectivity index (χ3n) is 3.43. The highest BCUT2D eigenvalue weighted by molar-refractivity contribution is 14.0. The zero-order valence-electron chi connectivity index (χ0n) is 13.0. The van der Waals surface area contributed by atoms with Crippen molar-refractivity contribution in [2.24, 2.45) is 4.99 Å². The first-order valence-electron chi connectivity index (χ1n) is 7.50. The zero-order chi connectivity index (χ0) is 13.9. The van der Waals surface area contributed by atoms with Crippen LogP contribution < -0.4 is 10.6 Å². The summed E-state index contributed by atoms with van der Waals surface area (Å²) in [4.78, 5) is 4.31. The van der Waals surface area contributed by atoms with E-state index in [1.165, 1.54) is 31.4 Å². The van der Waals surface area contributed by atoms with Crippen molar-refractivity contribution in [1.82, 2.24) is 10.6 Å². The van der Waals surface area contributed by atoms with E-state index in [9.17, 15) is 0 Å². The van der Waals surface area contributed by atoms with E-state index in [0.717, 1.165) is 24.2 Å². The molecule has 2 atom stereocenters. The molecule has 0 aliphatic heterocycles. The Bertz CT molecular complexity index is 293. The number of hydrogen-bond acceptors (Lipinski definition) is 2. The second-order valence-electron chi connectivity index (χ2n) is 4.94. The molecular formula is C15H30IN3S. The Morgan fingerprint density at radius 2 is 2.20 bits per heavy atom. The molecule has 1 aliphatic rings. The van der Waals surface area contributed by atoms with Crippen molar-refractivity contribution in [3.05, 3.63) is 12.2 Å². The summed E-state index contributed by atoms with van der Waals surface area (Å²) < 4.78 is 0. The van der Waals surface area contributed by atoms with Crippen LogP contribution in [0, 0.1) is 0 Å². The molecule has 1 fully saturated rings. The van der Waals surface area contributed by atoms with E-state index in [4.69, 9.17) is 0 Å². The van der Waals surface area contributed by atoms with Gasteiger partial charge in [0, 0.05) is 24.9 Å². The second-order valence-corrected chi connectivity index (χ2v) is 6.52. The first-order chi connectivity index (χ1) is 9.30. The van der Waals surface area contributed by atoms with Crippen LogP contribution in [0.25, 0.3) is 0 Å². The molecule has 0 aromatic carbocycles. The Morgan fingerprint density at radius 1 is 1.40 bits per heavy atom. The van der Waals surface area contributed by atoms with E-state index in [1.807, 2.05) is 7.05 Å². The number of thioether (sulfide) groups is 1. The van der Waals surface area contributed by atoms with Gasteiger partial charge in [0.05, 0.1) is 0 Å². The standard InChI is InChI=1S/C15H29N3S.HI/c1-4-6-7-11-17-15(16-3)18-13-9-8-10-14(12-13)19-5-2;/h4,6,13-14H,5,7-12H2,1-3H3,(H2,16,17,18);1H/b6-4+;. The molecule has 0 amide bonds. The highest BCUT2D eigenvalue weighted by Gasteiger charge is 2.22. The van der Waals surface area contributed by atoms with Gasteiger partial charge in [-0.15, -0.1) is 24.0 Å². The van der Waals surface area contributed by atoms with E-state index in [0.29, 0.717) is 6.04 Å². The molecule has 5 heteroatoms. The molecule has 1 saturated carbocycles. The number of guanidine groups is 1. The predicted octanol–water partition coefficient (Wildman–Crippen LogP) is 3.80. The van der Waals surface area contributed by atoms with E-state index in [-0.39, 0.29) is 24.0 Å². The normalized spacial score (nSPS) is 23.4. The summed E-state index contributed by atoms with van der Waals surface area (Å²) in [6, 6.07) is 0.589. The van der Waals surface area contributed by atoms with Crippen molar-refractivity contribution in [1.29, 1.82) is 0 Å². The number of nitrogens with one attached hydrogen (secondary N) is 2. The fraction of sp³-hybridized carbons (Fsp3) is 0.800. The van der Waals surface area contributed by atoms with Gasteiger partial charge in [-0.2, -0.15) is 11.8 Å². The van der Waals surface area contributed by atoms with Crippen molar-refractivity contribution >= 4 is 41.7 Å². The quantitative estimate of drug-likeness (QED) is 0.230.